The Bertz CT molecular complexity index is 2150. The Labute approximate surface area is 338 Å². The van der Waals surface area contributed by atoms with Crippen LogP contribution in [0, 0.1) is 0 Å². The molecule has 2 aromatic heterocycles. The van der Waals surface area contributed by atoms with Gasteiger partial charge in [0.25, 0.3) is 0 Å². The predicted molar refractivity (Wildman–Crippen MR) is 218 cm³/mol. The number of alkyl carbamates (subject to hydrolysis) is 2. The second-order valence-corrected chi connectivity index (χ2v) is 16.3. The molecular formula is C44H54N8O6. The lowest BCUT2D eigenvalue weighted by Gasteiger charge is -2.41. The monoisotopic (exact) mass is 790 g/mol. The Morgan fingerprint density at radius 3 is 1.59 bits per heavy atom. The third kappa shape index (κ3) is 7.56. The first-order valence-corrected chi connectivity index (χ1v) is 20.8. The second kappa shape index (κ2) is 16.7. The summed E-state index contributed by atoms with van der Waals surface area (Å²) in [7, 11) is 2.58. The third-order valence-corrected chi connectivity index (χ3v) is 12.8. The molecule has 2 aromatic carbocycles. The Morgan fingerprint density at radius 2 is 1.07 bits per heavy atom. The van der Waals surface area contributed by atoms with Crippen molar-refractivity contribution in [2.24, 2.45) is 0 Å². The summed E-state index contributed by atoms with van der Waals surface area (Å²) in [5.74, 6) is 2.19. The van der Waals surface area contributed by atoms with Crippen LogP contribution >= 0.6 is 0 Å². The van der Waals surface area contributed by atoms with Gasteiger partial charge in [0.05, 0.1) is 50.1 Å². The molecule has 58 heavy (non-hydrogen) atoms. The van der Waals surface area contributed by atoms with Crippen molar-refractivity contribution in [3.63, 3.8) is 0 Å². The number of amides is 4. The van der Waals surface area contributed by atoms with Crippen molar-refractivity contribution in [1.29, 1.82) is 0 Å². The molecular weight excluding hydrogens is 737 g/mol. The molecule has 4 N–H and O–H groups in total. The van der Waals surface area contributed by atoms with Crippen LogP contribution in [0.1, 0.15) is 125 Å². The number of aromatic amines is 2. The topological polar surface area (TPSA) is 175 Å². The van der Waals surface area contributed by atoms with Gasteiger partial charge in [0.15, 0.2) is 0 Å². The summed E-state index contributed by atoms with van der Waals surface area (Å²) >= 11 is 0. The van der Waals surface area contributed by atoms with Crippen LogP contribution in [-0.4, -0.2) is 93.1 Å². The summed E-state index contributed by atoms with van der Waals surface area (Å²) in [5.41, 5.74) is 9.38. The summed E-state index contributed by atoms with van der Waals surface area (Å²) in [6.45, 7) is 4.58. The maximum absolute atomic E-state index is 13.5. The zero-order valence-corrected chi connectivity index (χ0v) is 33.8. The zero-order valence-electron chi connectivity index (χ0n) is 33.8. The summed E-state index contributed by atoms with van der Waals surface area (Å²) in [6.07, 6.45) is 12.6. The van der Waals surface area contributed by atoms with Gasteiger partial charge in [0.1, 0.15) is 23.7 Å². The molecule has 4 atom stereocenters. The first-order chi connectivity index (χ1) is 28.1. The molecule has 9 rings (SSSR count). The SMILES string of the molecule is COC(=O)NC(C)C(=O)N1CCCCC1c1ncc(-c2ccc(-c3ccc(-c4cnc(C5CCCCN5C(=O)C(C)NC(=O)OC)[nH]4)c4c3C3CCC4CC3)cc2)[nH]1. The van der Waals surface area contributed by atoms with Crippen molar-refractivity contribution in [3.8, 4) is 33.6 Å². The highest BCUT2D eigenvalue weighted by Gasteiger charge is 2.38. The largest absolute Gasteiger partial charge is 0.453 e. The highest BCUT2D eigenvalue weighted by molar-refractivity contribution is 5.86. The molecule has 2 aliphatic heterocycles. The zero-order chi connectivity index (χ0) is 40.5. The highest BCUT2D eigenvalue weighted by atomic mass is 16.5. The van der Waals surface area contributed by atoms with E-state index in [4.69, 9.17) is 19.4 Å². The first kappa shape index (κ1) is 39.2. The maximum Gasteiger partial charge on any atom is 0.407 e. The minimum absolute atomic E-state index is 0.144. The van der Waals surface area contributed by atoms with E-state index in [0.717, 1.165) is 67.1 Å². The number of aromatic nitrogens is 4. The van der Waals surface area contributed by atoms with E-state index in [9.17, 15) is 19.2 Å². The van der Waals surface area contributed by atoms with E-state index in [1.807, 2.05) is 22.2 Å². The number of carbonyl (C=O) groups is 4. The molecule has 0 spiro atoms. The van der Waals surface area contributed by atoms with E-state index >= 15 is 0 Å². The smallest absolute Gasteiger partial charge is 0.407 e. The number of H-pyrrole nitrogens is 2. The first-order valence-electron chi connectivity index (χ1n) is 20.8. The summed E-state index contributed by atoms with van der Waals surface area (Å²) in [6, 6.07) is 11.4. The molecule has 2 bridgehead atoms. The van der Waals surface area contributed by atoms with Crippen LogP contribution in [0.3, 0.4) is 0 Å². The van der Waals surface area contributed by atoms with Crippen LogP contribution in [0.4, 0.5) is 9.59 Å². The fraction of sp³-hybridized carbons (Fsp3) is 0.500. The molecule has 14 heteroatoms. The summed E-state index contributed by atoms with van der Waals surface area (Å²) < 4.78 is 9.43. The number of nitrogens with one attached hydrogen (secondary N) is 4. The molecule has 4 heterocycles. The highest BCUT2D eigenvalue weighted by Crippen LogP contribution is 2.55. The van der Waals surface area contributed by atoms with Crippen molar-refractivity contribution >= 4 is 24.0 Å². The standard InChI is InChI=1S/C44H54N8O6/c1-25(47-43(55)57-3)41(53)51-21-7-5-9-35(51)39-45-23-33(49-39)28-13-11-27(12-14-28)31-19-20-32(38-30-17-15-29(16-18-30)37(31)38)34-24-46-40(50-34)36-10-6-8-22-52(36)42(54)26(2)48-44(56)58-4/h11-14,19-20,23-26,29-30,35-36H,5-10,15-18,21-22H2,1-4H3,(H,45,49)(H,46,50)(H,47,55)(H,48,56). The molecule has 3 fully saturated rings. The van der Waals surface area contributed by atoms with Crippen LogP contribution in [-0.2, 0) is 19.1 Å². The number of hydrogen-bond acceptors (Lipinski definition) is 8. The minimum Gasteiger partial charge on any atom is -0.453 e. The number of carbonyl (C=O) groups excluding carboxylic acids is 4. The quantitative estimate of drug-likeness (QED) is 0.135. The molecule has 4 unspecified atom stereocenters. The molecule has 3 aliphatic carbocycles. The van der Waals surface area contributed by atoms with Crippen molar-refractivity contribution < 1.29 is 28.7 Å². The van der Waals surface area contributed by atoms with Crippen LogP contribution in [0.25, 0.3) is 33.6 Å². The molecule has 0 radical (unpaired) electrons. The second-order valence-electron chi connectivity index (χ2n) is 16.3. The number of nitrogens with zero attached hydrogens (tertiary/aromatic N) is 4. The van der Waals surface area contributed by atoms with Crippen molar-refractivity contribution in [2.75, 3.05) is 27.3 Å². The lowest BCUT2D eigenvalue weighted by atomic mass is 9.64. The van der Waals surface area contributed by atoms with Crippen LogP contribution in [0.15, 0.2) is 48.8 Å². The fourth-order valence-corrected chi connectivity index (χ4v) is 9.85. The summed E-state index contributed by atoms with van der Waals surface area (Å²) in [4.78, 5) is 71.0. The number of benzene rings is 2. The molecule has 2 saturated heterocycles. The van der Waals surface area contributed by atoms with Crippen molar-refractivity contribution in [2.45, 2.75) is 114 Å². The average molecular weight is 791 g/mol. The molecule has 306 valence electrons. The number of piperidine rings is 2. The van der Waals surface area contributed by atoms with E-state index in [2.05, 4.69) is 57.0 Å². The number of fused-ring (bicyclic) bond motifs is 2. The fourth-order valence-electron chi connectivity index (χ4n) is 9.85. The van der Waals surface area contributed by atoms with Gasteiger partial charge in [-0.05, 0) is 118 Å². The Hall–Kier alpha value is -5.66. The lowest BCUT2D eigenvalue weighted by Crippen LogP contribution is -2.49. The van der Waals surface area contributed by atoms with Gasteiger partial charge in [0, 0.05) is 18.7 Å². The third-order valence-electron chi connectivity index (χ3n) is 12.8. The van der Waals surface area contributed by atoms with E-state index in [1.54, 1.807) is 13.8 Å². The number of hydrogen-bond donors (Lipinski definition) is 4. The Balaban J connectivity index is 1.03. The Kier molecular flexibility index (Phi) is 11.3. The van der Waals surface area contributed by atoms with Crippen molar-refractivity contribution in [3.05, 3.63) is 71.6 Å². The minimum atomic E-state index is -0.709. The maximum atomic E-state index is 13.5. The van der Waals surface area contributed by atoms with Gasteiger partial charge in [0.2, 0.25) is 11.8 Å². The molecule has 4 aromatic rings. The molecule has 5 aliphatic rings. The lowest BCUT2D eigenvalue weighted by molar-refractivity contribution is -0.137. The van der Waals surface area contributed by atoms with E-state index in [0.29, 0.717) is 24.9 Å². The van der Waals surface area contributed by atoms with Crippen LogP contribution in [0.5, 0.6) is 0 Å². The number of imidazole rings is 2. The van der Waals surface area contributed by atoms with E-state index in [-0.39, 0.29) is 23.9 Å². The van der Waals surface area contributed by atoms with Gasteiger partial charge in [-0.15, -0.1) is 0 Å². The van der Waals surface area contributed by atoms with Gasteiger partial charge in [-0.3, -0.25) is 9.59 Å². The van der Waals surface area contributed by atoms with Crippen molar-refractivity contribution in [1.82, 2.24) is 40.4 Å². The van der Waals surface area contributed by atoms with Gasteiger partial charge < -0.3 is 39.9 Å². The predicted octanol–water partition coefficient (Wildman–Crippen LogP) is 7.48. The van der Waals surface area contributed by atoms with Crippen LogP contribution in [0.2, 0.25) is 0 Å². The van der Waals surface area contributed by atoms with Gasteiger partial charge in [-0.1, -0.05) is 36.4 Å². The van der Waals surface area contributed by atoms with E-state index in [1.165, 1.54) is 67.7 Å². The van der Waals surface area contributed by atoms with Gasteiger partial charge in [-0.25, -0.2) is 19.6 Å². The normalized spacial score (nSPS) is 22.4. The van der Waals surface area contributed by atoms with Gasteiger partial charge in [-0.2, -0.15) is 0 Å². The Morgan fingerprint density at radius 1 is 0.621 bits per heavy atom. The van der Waals surface area contributed by atoms with E-state index < -0.39 is 24.3 Å². The molecule has 14 nitrogen and oxygen atoms in total. The number of ether oxygens (including phenoxy) is 2. The summed E-state index contributed by atoms with van der Waals surface area (Å²) in [5, 5.41) is 5.23. The molecule has 4 amide bonds. The number of likely N-dealkylation sites (tertiary alicyclic amines) is 2. The molecule has 1 saturated carbocycles. The average Bonchev–Trinajstić information content (AvgIpc) is 3.97. The van der Waals surface area contributed by atoms with Gasteiger partial charge >= 0.3 is 12.2 Å². The number of rotatable bonds is 9. The number of methoxy groups -OCH3 is 2. The van der Waals surface area contributed by atoms with Crippen LogP contribution < -0.4 is 10.6 Å².